The van der Waals surface area contributed by atoms with Gasteiger partial charge in [-0.15, -0.1) is 0 Å². The molecule has 1 N–H and O–H groups in total. The van der Waals surface area contributed by atoms with Crippen molar-refractivity contribution < 1.29 is 14.8 Å². The van der Waals surface area contributed by atoms with Crippen LogP contribution >= 0.6 is 15.9 Å². The van der Waals surface area contributed by atoms with Crippen molar-refractivity contribution in [3.63, 3.8) is 0 Å². The first kappa shape index (κ1) is 11.5. The lowest BCUT2D eigenvalue weighted by molar-refractivity contribution is -0.385. The molecule has 0 aliphatic heterocycles. The number of nitro benzene ring substituents is 1. The van der Waals surface area contributed by atoms with Gasteiger partial charge in [0.05, 0.1) is 4.92 Å². The number of carboxylic acid groups (broad SMARTS) is 1. The summed E-state index contributed by atoms with van der Waals surface area (Å²) >= 11 is 3.26. The van der Waals surface area contributed by atoms with Gasteiger partial charge in [0.2, 0.25) is 0 Å². The van der Waals surface area contributed by atoms with Gasteiger partial charge in [0.25, 0.3) is 5.69 Å². The second kappa shape index (κ2) is 4.14. The molecule has 0 heterocycles. The van der Waals surface area contributed by atoms with E-state index in [4.69, 9.17) is 5.11 Å². The minimum Gasteiger partial charge on any atom is -0.477 e. The van der Waals surface area contributed by atoms with Crippen LogP contribution in [-0.2, 0) is 0 Å². The minimum atomic E-state index is -1.31. The Bertz CT molecular complexity index is 639. The molecule has 0 bridgehead atoms. The van der Waals surface area contributed by atoms with Crippen molar-refractivity contribution in [2.75, 3.05) is 0 Å². The lowest BCUT2D eigenvalue weighted by atomic mass is 10.1. The van der Waals surface area contributed by atoms with Crippen LogP contribution in [0.3, 0.4) is 0 Å². The average molecular weight is 296 g/mol. The topological polar surface area (TPSA) is 80.4 Å². The molecule has 0 amide bonds. The third-order valence-corrected chi connectivity index (χ3v) is 2.84. The molecule has 5 nitrogen and oxygen atoms in total. The third kappa shape index (κ3) is 2.12. The van der Waals surface area contributed by atoms with Crippen LogP contribution in [0.5, 0.6) is 0 Å². The van der Waals surface area contributed by atoms with Crippen LogP contribution < -0.4 is 0 Å². The number of hydrogen-bond acceptors (Lipinski definition) is 3. The Kier molecular flexibility index (Phi) is 2.81. The number of aromatic carboxylic acids is 1. The molecule has 0 spiro atoms. The van der Waals surface area contributed by atoms with Crippen molar-refractivity contribution in [2.45, 2.75) is 0 Å². The molecule has 2 aromatic carbocycles. The van der Waals surface area contributed by atoms with Crippen LogP contribution in [0.2, 0.25) is 0 Å². The lowest BCUT2D eigenvalue weighted by Gasteiger charge is -2.02. The molecule has 2 aromatic rings. The van der Waals surface area contributed by atoms with E-state index >= 15 is 0 Å². The van der Waals surface area contributed by atoms with Gasteiger partial charge in [-0.05, 0) is 29.0 Å². The van der Waals surface area contributed by atoms with E-state index in [1.165, 1.54) is 12.1 Å². The van der Waals surface area contributed by atoms with E-state index in [1.54, 1.807) is 18.2 Å². The first-order valence-electron chi connectivity index (χ1n) is 4.60. The van der Waals surface area contributed by atoms with Crippen LogP contribution in [0.15, 0.2) is 34.8 Å². The van der Waals surface area contributed by atoms with Gasteiger partial charge in [-0.1, -0.05) is 22.0 Å². The molecule has 6 heteroatoms. The summed E-state index contributed by atoms with van der Waals surface area (Å²) in [6.07, 6.45) is 0. The molecule has 86 valence electrons. The van der Waals surface area contributed by atoms with E-state index in [9.17, 15) is 14.9 Å². The van der Waals surface area contributed by atoms with E-state index in [-0.39, 0.29) is 5.56 Å². The number of benzene rings is 2. The minimum absolute atomic E-state index is 0.305. The van der Waals surface area contributed by atoms with Crippen LogP contribution in [0.4, 0.5) is 5.69 Å². The fourth-order valence-corrected chi connectivity index (χ4v) is 1.96. The largest absolute Gasteiger partial charge is 0.477 e. The number of hydrogen-bond donors (Lipinski definition) is 1. The zero-order valence-electron chi connectivity index (χ0n) is 8.38. The van der Waals surface area contributed by atoms with E-state index in [0.29, 0.717) is 10.8 Å². The molecule has 0 fully saturated rings. The molecular weight excluding hydrogens is 290 g/mol. The van der Waals surface area contributed by atoms with E-state index in [2.05, 4.69) is 15.9 Å². The highest BCUT2D eigenvalue weighted by Gasteiger charge is 2.20. The maximum absolute atomic E-state index is 10.9. The number of nitro groups is 1. The van der Waals surface area contributed by atoms with Gasteiger partial charge in [-0.3, -0.25) is 10.1 Å². The van der Waals surface area contributed by atoms with Gasteiger partial charge in [0.15, 0.2) is 0 Å². The number of carboxylic acids is 1. The van der Waals surface area contributed by atoms with Crippen molar-refractivity contribution >= 4 is 38.4 Å². The highest BCUT2D eigenvalue weighted by molar-refractivity contribution is 9.10. The zero-order valence-corrected chi connectivity index (χ0v) is 9.97. The average Bonchev–Trinajstić information content (AvgIpc) is 2.26. The van der Waals surface area contributed by atoms with Crippen LogP contribution in [0, 0.1) is 10.1 Å². The second-order valence-corrected chi connectivity index (χ2v) is 4.34. The Morgan fingerprint density at radius 2 is 1.94 bits per heavy atom. The maximum Gasteiger partial charge on any atom is 0.342 e. The normalized spacial score (nSPS) is 10.4. The second-order valence-electron chi connectivity index (χ2n) is 3.42. The third-order valence-electron chi connectivity index (χ3n) is 2.34. The van der Waals surface area contributed by atoms with Gasteiger partial charge in [-0.25, -0.2) is 4.79 Å². The summed E-state index contributed by atoms with van der Waals surface area (Å²) in [5.41, 5.74) is -0.701. The molecule has 0 saturated heterocycles. The number of carbonyl (C=O) groups is 1. The summed E-state index contributed by atoms with van der Waals surface area (Å²) in [5.74, 6) is -1.31. The van der Waals surface area contributed by atoms with E-state index < -0.39 is 16.6 Å². The van der Waals surface area contributed by atoms with Gasteiger partial charge < -0.3 is 5.11 Å². The maximum atomic E-state index is 10.9. The number of rotatable bonds is 2. The Morgan fingerprint density at radius 1 is 1.24 bits per heavy atom. The molecule has 2 rings (SSSR count). The molecular formula is C11H6BrNO4. The summed E-state index contributed by atoms with van der Waals surface area (Å²) in [7, 11) is 0. The quantitative estimate of drug-likeness (QED) is 0.681. The van der Waals surface area contributed by atoms with Crippen LogP contribution in [0.1, 0.15) is 10.4 Å². The first-order valence-corrected chi connectivity index (χ1v) is 5.39. The lowest BCUT2D eigenvalue weighted by Crippen LogP contribution is -2.02. The smallest absolute Gasteiger partial charge is 0.342 e. The SMILES string of the molecule is O=C(O)c1cc2cc(Br)ccc2cc1[N+](=O)[O-]. The number of fused-ring (bicyclic) bond motifs is 1. The molecule has 0 saturated carbocycles. The molecule has 0 radical (unpaired) electrons. The van der Waals surface area contributed by atoms with Crippen molar-refractivity contribution in [2.24, 2.45) is 0 Å². The molecule has 0 aliphatic carbocycles. The van der Waals surface area contributed by atoms with Gasteiger partial charge in [0, 0.05) is 10.5 Å². The van der Waals surface area contributed by atoms with Crippen molar-refractivity contribution in [3.05, 3.63) is 50.5 Å². The number of halogens is 1. The van der Waals surface area contributed by atoms with Crippen molar-refractivity contribution in [1.29, 1.82) is 0 Å². The molecule has 0 atom stereocenters. The summed E-state index contributed by atoms with van der Waals surface area (Å²) < 4.78 is 0.787. The van der Waals surface area contributed by atoms with E-state index in [1.807, 2.05) is 0 Å². The summed E-state index contributed by atoms with van der Waals surface area (Å²) in [6, 6.07) is 7.72. The highest BCUT2D eigenvalue weighted by Crippen LogP contribution is 2.28. The zero-order chi connectivity index (χ0) is 12.6. The summed E-state index contributed by atoms with van der Waals surface area (Å²) in [6.45, 7) is 0. The fraction of sp³-hybridized carbons (Fsp3) is 0. The Hall–Kier alpha value is -1.95. The monoisotopic (exact) mass is 295 g/mol. The standard InChI is InChI=1S/C11H6BrNO4/c12-8-2-1-6-5-10(13(16)17)9(11(14)15)4-7(6)3-8/h1-5H,(H,14,15). The van der Waals surface area contributed by atoms with E-state index in [0.717, 1.165) is 4.47 Å². The Balaban J connectivity index is 2.81. The molecule has 0 unspecified atom stereocenters. The molecule has 17 heavy (non-hydrogen) atoms. The predicted octanol–water partition coefficient (Wildman–Crippen LogP) is 3.21. The summed E-state index contributed by atoms with van der Waals surface area (Å²) in [4.78, 5) is 21.0. The number of nitrogens with zero attached hydrogens (tertiary/aromatic N) is 1. The first-order chi connectivity index (χ1) is 7.99. The predicted molar refractivity (Wildman–Crippen MR) is 65.3 cm³/mol. The molecule has 0 aliphatic rings. The van der Waals surface area contributed by atoms with Crippen molar-refractivity contribution in [1.82, 2.24) is 0 Å². The highest BCUT2D eigenvalue weighted by atomic mass is 79.9. The van der Waals surface area contributed by atoms with Gasteiger partial charge >= 0.3 is 5.97 Å². The van der Waals surface area contributed by atoms with Gasteiger partial charge in [0.1, 0.15) is 5.56 Å². The van der Waals surface area contributed by atoms with Crippen molar-refractivity contribution in [3.8, 4) is 0 Å². The Morgan fingerprint density at radius 3 is 2.53 bits per heavy atom. The molecule has 0 aromatic heterocycles. The fourth-order valence-electron chi connectivity index (χ4n) is 1.58. The Labute approximate surface area is 104 Å². The van der Waals surface area contributed by atoms with Gasteiger partial charge in [-0.2, -0.15) is 0 Å². The van der Waals surface area contributed by atoms with Crippen LogP contribution in [-0.4, -0.2) is 16.0 Å². The van der Waals surface area contributed by atoms with Crippen LogP contribution in [0.25, 0.3) is 10.8 Å². The summed E-state index contributed by atoms with van der Waals surface area (Å²) in [5, 5.41) is 21.0.